The molecule has 0 aliphatic heterocycles. The van der Waals surface area contributed by atoms with Crippen LogP contribution in [-0.2, 0) is 13.0 Å². The first-order valence-corrected chi connectivity index (χ1v) is 7.33. The van der Waals surface area contributed by atoms with E-state index in [1.807, 2.05) is 12.3 Å². The van der Waals surface area contributed by atoms with Crippen molar-refractivity contribution in [1.29, 1.82) is 0 Å². The highest BCUT2D eigenvalue weighted by Gasteiger charge is 2.21. The smallest absolute Gasteiger partial charge is 0.250 e. The van der Waals surface area contributed by atoms with Gasteiger partial charge in [0, 0.05) is 18.8 Å². The second kappa shape index (κ2) is 5.53. The third kappa shape index (κ3) is 2.48. The minimum Gasteiger partial charge on any atom is -0.377 e. The second-order valence-electron chi connectivity index (χ2n) is 5.38. The van der Waals surface area contributed by atoms with Gasteiger partial charge in [-0.05, 0) is 36.5 Å². The van der Waals surface area contributed by atoms with Gasteiger partial charge in [0.1, 0.15) is 0 Å². The first-order chi connectivity index (χ1) is 9.78. The van der Waals surface area contributed by atoms with E-state index in [1.54, 1.807) is 10.6 Å². The molecule has 3 nitrogen and oxygen atoms in total. The standard InChI is InChI=1S/C17H20N2O/c1-2-11-19-12-14(8-10-17(19)20)18-16-9-7-13-5-3-4-6-15(13)16/h3-6,8,10,12,16,18H,2,7,9,11H2,1H3. The van der Waals surface area contributed by atoms with Gasteiger partial charge in [-0.15, -0.1) is 0 Å². The fourth-order valence-electron chi connectivity index (χ4n) is 2.94. The quantitative estimate of drug-likeness (QED) is 0.922. The summed E-state index contributed by atoms with van der Waals surface area (Å²) in [6.07, 6.45) is 5.15. The van der Waals surface area contributed by atoms with Crippen molar-refractivity contribution in [1.82, 2.24) is 4.57 Å². The fraction of sp³-hybridized carbons (Fsp3) is 0.353. The minimum atomic E-state index is 0.0734. The Balaban J connectivity index is 1.82. The molecular formula is C17H20N2O. The van der Waals surface area contributed by atoms with Gasteiger partial charge in [-0.3, -0.25) is 4.79 Å². The SMILES string of the molecule is CCCn1cc(NC2CCc3ccccc32)ccc1=O. The molecule has 1 aromatic heterocycles. The Hall–Kier alpha value is -2.03. The van der Waals surface area contributed by atoms with Gasteiger partial charge < -0.3 is 9.88 Å². The highest BCUT2D eigenvalue weighted by Crippen LogP contribution is 2.33. The van der Waals surface area contributed by atoms with E-state index in [4.69, 9.17) is 0 Å². The van der Waals surface area contributed by atoms with Crippen LogP contribution in [0, 0.1) is 0 Å². The van der Waals surface area contributed by atoms with Crippen molar-refractivity contribution in [3.05, 3.63) is 64.1 Å². The third-order valence-corrected chi connectivity index (χ3v) is 3.92. The van der Waals surface area contributed by atoms with Crippen molar-refractivity contribution < 1.29 is 0 Å². The average molecular weight is 268 g/mol. The van der Waals surface area contributed by atoms with Crippen LogP contribution >= 0.6 is 0 Å². The van der Waals surface area contributed by atoms with Gasteiger partial charge >= 0.3 is 0 Å². The number of hydrogen-bond donors (Lipinski definition) is 1. The molecule has 1 aromatic carbocycles. The molecule has 1 atom stereocenters. The zero-order valence-corrected chi connectivity index (χ0v) is 11.8. The predicted molar refractivity (Wildman–Crippen MR) is 82.1 cm³/mol. The maximum Gasteiger partial charge on any atom is 0.250 e. The number of aryl methyl sites for hydroxylation is 2. The summed E-state index contributed by atoms with van der Waals surface area (Å²) in [5, 5.41) is 3.56. The van der Waals surface area contributed by atoms with Crippen molar-refractivity contribution in [3.63, 3.8) is 0 Å². The Morgan fingerprint density at radius 3 is 2.95 bits per heavy atom. The molecule has 0 spiro atoms. The van der Waals surface area contributed by atoms with Gasteiger partial charge in [0.15, 0.2) is 0 Å². The summed E-state index contributed by atoms with van der Waals surface area (Å²) in [4.78, 5) is 11.7. The lowest BCUT2D eigenvalue weighted by atomic mass is 10.1. The summed E-state index contributed by atoms with van der Waals surface area (Å²) in [7, 11) is 0. The first kappa shape index (κ1) is 13.0. The summed E-state index contributed by atoms with van der Waals surface area (Å²) in [6.45, 7) is 2.86. The van der Waals surface area contributed by atoms with Crippen LogP contribution in [0.1, 0.15) is 36.9 Å². The van der Waals surface area contributed by atoms with Crippen LogP contribution in [0.3, 0.4) is 0 Å². The molecule has 0 amide bonds. The maximum absolute atomic E-state index is 11.7. The lowest BCUT2D eigenvalue weighted by Gasteiger charge is -2.16. The van der Waals surface area contributed by atoms with Crippen molar-refractivity contribution >= 4 is 5.69 Å². The number of fused-ring (bicyclic) bond motifs is 1. The summed E-state index contributed by atoms with van der Waals surface area (Å²) in [5.74, 6) is 0. The molecule has 1 N–H and O–H groups in total. The molecule has 3 rings (SSSR count). The Bertz CT molecular complexity index is 660. The van der Waals surface area contributed by atoms with Crippen molar-refractivity contribution in [2.75, 3.05) is 5.32 Å². The number of benzene rings is 1. The average Bonchev–Trinajstić information content (AvgIpc) is 2.86. The van der Waals surface area contributed by atoms with E-state index in [1.165, 1.54) is 11.1 Å². The van der Waals surface area contributed by atoms with E-state index in [0.717, 1.165) is 31.5 Å². The van der Waals surface area contributed by atoms with Crippen LogP contribution in [-0.4, -0.2) is 4.57 Å². The number of nitrogens with zero attached hydrogens (tertiary/aromatic N) is 1. The molecule has 0 radical (unpaired) electrons. The van der Waals surface area contributed by atoms with Gasteiger partial charge in [-0.1, -0.05) is 31.2 Å². The van der Waals surface area contributed by atoms with E-state index in [9.17, 15) is 4.79 Å². The second-order valence-corrected chi connectivity index (χ2v) is 5.38. The summed E-state index contributed by atoms with van der Waals surface area (Å²) in [5.41, 5.74) is 3.93. The lowest BCUT2D eigenvalue weighted by Crippen LogP contribution is -2.19. The van der Waals surface area contributed by atoms with Crippen LogP contribution in [0.2, 0.25) is 0 Å². The van der Waals surface area contributed by atoms with Gasteiger partial charge in [0.2, 0.25) is 0 Å². The molecule has 0 bridgehead atoms. The van der Waals surface area contributed by atoms with Gasteiger partial charge in [0.25, 0.3) is 5.56 Å². The molecule has 0 saturated heterocycles. The van der Waals surface area contributed by atoms with E-state index in [-0.39, 0.29) is 5.56 Å². The van der Waals surface area contributed by atoms with Gasteiger partial charge in [-0.25, -0.2) is 0 Å². The summed E-state index contributed by atoms with van der Waals surface area (Å²) in [6, 6.07) is 12.5. The molecule has 0 saturated carbocycles. The zero-order chi connectivity index (χ0) is 13.9. The van der Waals surface area contributed by atoms with Crippen LogP contribution in [0.4, 0.5) is 5.69 Å². The largest absolute Gasteiger partial charge is 0.377 e. The molecule has 20 heavy (non-hydrogen) atoms. The highest BCUT2D eigenvalue weighted by molar-refractivity contribution is 5.46. The lowest BCUT2D eigenvalue weighted by molar-refractivity contribution is 0.653. The van der Waals surface area contributed by atoms with Gasteiger partial charge in [-0.2, -0.15) is 0 Å². The Morgan fingerprint density at radius 1 is 1.25 bits per heavy atom. The molecule has 1 aliphatic rings. The fourth-order valence-corrected chi connectivity index (χ4v) is 2.94. The van der Waals surface area contributed by atoms with Crippen LogP contribution in [0.15, 0.2) is 47.4 Å². The molecular weight excluding hydrogens is 248 g/mol. The van der Waals surface area contributed by atoms with E-state index in [2.05, 4.69) is 36.5 Å². The molecule has 1 aliphatic carbocycles. The highest BCUT2D eigenvalue weighted by atomic mass is 16.1. The Morgan fingerprint density at radius 2 is 2.10 bits per heavy atom. The van der Waals surface area contributed by atoms with Crippen molar-refractivity contribution in [3.8, 4) is 0 Å². The monoisotopic (exact) mass is 268 g/mol. The predicted octanol–water partition coefficient (Wildman–Crippen LogP) is 3.36. The number of nitrogens with one attached hydrogen (secondary N) is 1. The summed E-state index contributed by atoms with van der Waals surface area (Å²) >= 11 is 0. The van der Waals surface area contributed by atoms with E-state index >= 15 is 0 Å². The Labute approximate surface area is 119 Å². The number of aromatic nitrogens is 1. The number of rotatable bonds is 4. The Kier molecular flexibility index (Phi) is 3.59. The topological polar surface area (TPSA) is 34.0 Å². The normalized spacial score (nSPS) is 16.9. The summed E-state index contributed by atoms with van der Waals surface area (Å²) < 4.78 is 1.78. The number of pyridine rings is 1. The van der Waals surface area contributed by atoms with Gasteiger partial charge in [0.05, 0.1) is 11.7 Å². The van der Waals surface area contributed by atoms with Crippen LogP contribution < -0.4 is 10.9 Å². The van der Waals surface area contributed by atoms with Crippen LogP contribution in [0.5, 0.6) is 0 Å². The minimum absolute atomic E-state index is 0.0734. The van der Waals surface area contributed by atoms with Crippen molar-refractivity contribution in [2.24, 2.45) is 0 Å². The zero-order valence-electron chi connectivity index (χ0n) is 11.8. The maximum atomic E-state index is 11.7. The third-order valence-electron chi connectivity index (χ3n) is 3.92. The van der Waals surface area contributed by atoms with E-state index < -0.39 is 0 Å². The molecule has 1 heterocycles. The molecule has 3 heteroatoms. The van der Waals surface area contributed by atoms with Crippen LogP contribution in [0.25, 0.3) is 0 Å². The molecule has 0 fully saturated rings. The molecule has 1 unspecified atom stereocenters. The van der Waals surface area contributed by atoms with E-state index in [0.29, 0.717) is 6.04 Å². The number of anilines is 1. The van der Waals surface area contributed by atoms with Crippen molar-refractivity contribution in [2.45, 2.75) is 38.8 Å². The molecule has 2 aromatic rings. The number of hydrogen-bond acceptors (Lipinski definition) is 2. The first-order valence-electron chi connectivity index (χ1n) is 7.33. The molecule has 104 valence electrons.